The van der Waals surface area contributed by atoms with Gasteiger partial charge in [-0.25, -0.2) is 0 Å². The second-order valence-corrected chi connectivity index (χ2v) is 4.59. The molecule has 0 aromatic heterocycles. The third kappa shape index (κ3) is 1.01. The quantitative estimate of drug-likeness (QED) is 0.709. The minimum absolute atomic E-state index is 0.0856. The highest BCUT2D eigenvalue weighted by Gasteiger charge is 2.52. The van der Waals surface area contributed by atoms with Crippen LogP contribution in [0.5, 0.6) is 0 Å². The predicted molar refractivity (Wildman–Crippen MR) is 55.9 cm³/mol. The summed E-state index contributed by atoms with van der Waals surface area (Å²) in [5.41, 5.74) is 1.61. The van der Waals surface area contributed by atoms with Crippen LogP contribution in [0.2, 0.25) is 5.02 Å². The molecule has 0 bridgehead atoms. The number of Topliss-reactive ketones (excluding diaryl/α,β-unsaturated/α-hetero) is 1. The van der Waals surface area contributed by atoms with Gasteiger partial charge in [0.15, 0.2) is 5.78 Å². The molecule has 2 aliphatic rings. The zero-order valence-corrected chi connectivity index (χ0v) is 8.40. The minimum atomic E-state index is -0.0856. The number of carbonyl (C=O) groups is 1. The van der Waals surface area contributed by atoms with Crippen LogP contribution >= 0.6 is 11.6 Å². The number of ketones is 1. The second kappa shape index (κ2) is 2.51. The van der Waals surface area contributed by atoms with E-state index in [1.165, 1.54) is 0 Å². The standard InChI is InChI=1S/C11H10ClNO/c12-7-1-2-9-8(5-7)10(14)11(3-4-11)6-13-9/h1-2,5,13H,3-4,6H2. The van der Waals surface area contributed by atoms with Gasteiger partial charge >= 0.3 is 0 Å². The Balaban J connectivity index is 2.13. The van der Waals surface area contributed by atoms with Crippen LogP contribution in [-0.4, -0.2) is 12.3 Å². The van der Waals surface area contributed by atoms with E-state index in [0.29, 0.717) is 5.02 Å². The number of hydrogen-bond acceptors (Lipinski definition) is 2. The molecule has 3 heteroatoms. The molecule has 1 saturated carbocycles. The zero-order chi connectivity index (χ0) is 9.76. The Morgan fingerprint density at radius 1 is 1.36 bits per heavy atom. The molecule has 1 aromatic rings. The van der Waals surface area contributed by atoms with E-state index in [1.54, 1.807) is 6.07 Å². The fraction of sp³-hybridized carbons (Fsp3) is 0.364. The summed E-state index contributed by atoms with van der Waals surface area (Å²) in [6.07, 6.45) is 2.04. The van der Waals surface area contributed by atoms with E-state index in [0.717, 1.165) is 30.6 Å². The highest BCUT2D eigenvalue weighted by atomic mass is 35.5. The van der Waals surface area contributed by atoms with Gasteiger partial charge in [-0.15, -0.1) is 0 Å². The Hall–Kier alpha value is -1.02. The fourth-order valence-corrected chi connectivity index (χ4v) is 2.22. The molecular weight excluding hydrogens is 198 g/mol. The van der Waals surface area contributed by atoms with Gasteiger partial charge in [-0.1, -0.05) is 11.6 Å². The molecule has 14 heavy (non-hydrogen) atoms. The number of halogens is 1. The molecule has 1 fully saturated rings. The number of rotatable bonds is 0. The van der Waals surface area contributed by atoms with Gasteiger partial charge in [0.1, 0.15) is 0 Å². The van der Waals surface area contributed by atoms with Crippen LogP contribution in [0, 0.1) is 5.41 Å². The molecule has 1 aliphatic heterocycles. The van der Waals surface area contributed by atoms with Crippen LogP contribution < -0.4 is 5.32 Å². The monoisotopic (exact) mass is 207 g/mol. The number of anilines is 1. The lowest BCUT2D eigenvalue weighted by Crippen LogP contribution is -2.31. The van der Waals surface area contributed by atoms with Gasteiger partial charge in [-0.05, 0) is 31.0 Å². The lowest BCUT2D eigenvalue weighted by atomic mass is 9.90. The van der Waals surface area contributed by atoms with Crippen molar-refractivity contribution in [3.05, 3.63) is 28.8 Å². The largest absolute Gasteiger partial charge is 0.383 e. The molecule has 72 valence electrons. The van der Waals surface area contributed by atoms with Gasteiger partial charge in [0, 0.05) is 22.8 Å². The lowest BCUT2D eigenvalue weighted by molar-refractivity contribution is 0.0903. The molecule has 3 rings (SSSR count). The maximum atomic E-state index is 12.1. The van der Waals surface area contributed by atoms with Crippen molar-refractivity contribution in [2.75, 3.05) is 11.9 Å². The highest BCUT2D eigenvalue weighted by molar-refractivity contribution is 6.31. The third-order valence-electron chi connectivity index (χ3n) is 3.18. The second-order valence-electron chi connectivity index (χ2n) is 4.15. The van der Waals surface area contributed by atoms with Gasteiger partial charge in [0.2, 0.25) is 0 Å². The van der Waals surface area contributed by atoms with Gasteiger partial charge in [-0.3, -0.25) is 4.79 Å². The molecule has 1 N–H and O–H groups in total. The Morgan fingerprint density at radius 2 is 2.14 bits per heavy atom. The summed E-state index contributed by atoms with van der Waals surface area (Å²) < 4.78 is 0. The molecule has 1 aromatic carbocycles. The first kappa shape index (κ1) is 8.30. The summed E-state index contributed by atoms with van der Waals surface area (Å²) >= 11 is 5.88. The Morgan fingerprint density at radius 3 is 2.86 bits per heavy atom. The van der Waals surface area contributed by atoms with E-state index in [4.69, 9.17) is 11.6 Å². The topological polar surface area (TPSA) is 29.1 Å². The van der Waals surface area contributed by atoms with Crippen LogP contribution in [0.4, 0.5) is 5.69 Å². The molecule has 0 amide bonds. The van der Waals surface area contributed by atoms with Gasteiger partial charge < -0.3 is 5.32 Å². The highest BCUT2D eigenvalue weighted by Crippen LogP contribution is 2.51. The molecule has 2 nitrogen and oxygen atoms in total. The van der Waals surface area contributed by atoms with Crippen molar-refractivity contribution in [2.24, 2.45) is 5.41 Å². The van der Waals surface area contributed by atoms with Crippen LogP contribution in [-0.2, 0) is 0 Å². The first-order valence-electron chi connectivity index (χ1n) is 4.80. The van der Waals surface area contributed by atoms with E-state index in [9.17, 15) is 4.79 Å². The van der Waals surface area contributed by atoms with Crippen molar-refractivity contribution in [3.8, 4) is 0 Å². The normalized spacial score (nSPS) is 21.6. The smallest absolute Gasteiger partial charge is 0.172 e. The van der Waals surface area contributed by atoms with Crippen molar-refractivity contribution in [1.29, 1.82) is 0 Å². The van der Waals surface area contributed by atoms with Crippen molar-refractivity contribution >= 4 is 23.1 Å². The lowest BCUT2D eigenvalue weighted by Gasteiger charge is -2.24. The van der Waals surface area contributed by atoms with Crippen molar-refractivity contribution in [1.82, 2.24) is 0 Å². The molecule has 0 radical (unpaired) electrons. The average molecular weight is 208 g/mol. The summed E-state index contributed by atoms with van der Waals surface area (Å²) in [5.74, 6) is 0.272. The molecule has 1 aliphatic carbocycles. The van der Waals surface area contributed by atoms with Crippen molar-refractivity contribution < 1.29 is 4.79 Å². The van der Waals surface area contributed by atoms with E-state index < -0.39 is 0 Å². The third-order valence-corrected chi connectivity index (χ3v) is 3.41. The van der Waals surface area contributed by atoms with Crippen LogP contribution in [0.15, 0.2) is 18.2 Å². The number of carbonyl (C=O) groups excluding carboxylic acids is 1. The molecule has 1 spiro atoms. The van der Waals surface area contributed by atoms with E-state index in [1.807, 2.05) is 12.1 Å². The average Bonchev–Trinajstić information content (AvgIpc) is 2.94. The van der Waals surface area contributed by atoms with E-state index >= 15 is 0 Å². The van der Waals surface area contributed by atoms with Gasteiger partial charge in [0.05, 0.1) is 5.41 Å². The summed E-state index contributed by atoms with van der Waals surface area (Å²) in [6.45, 7) is 0.792. The van der Waals surface area contributed by atoms with Crippen LogP contribution in [0.25, 0.3) is 0 Å². The minimum Gasteiger partial charge on any atom is -0.383 e. The van der Waals surface area contributed by atoms with Crippen molar-refractivity contribution in [2.45, 2.75) is 12.8 Å². The van der Waals surface area contributed by atoms with Crippen molar-refractivity contribution in [3.63, 3.8) is 0 Å². The summed E-state index contributed by atoms with van der Waals surface area (Å²) in [7, 11) is 0. The Labute approximate surface area is 87.3 Å². The maximum absolute atomic E-state index is 12.1. The first-order chi connectivity index (χ1) is 6.71. The molecule has 1 heterocycles. The number of fused-ring (bicyclic) bond motifs is 1. The van der Waals surface area contributed by atoms with Crippen LogP contribution in [0.3, 0.4) is 0 Å². The predicted octanol–water partition coefficient (Wildman–Crippen LogP) is 2.73. The van der Waals surface area contributed by atoms with Crippen LogP contribution in [0.1, 0.15) is 23.2 Å². The molecular formula is C11H10ClNO. The number of hydrogen-bond donors (Lipinski definition) is 1. The fourth-order valence-electron chi connectivity index (χ4n) is 2.04. The summed E-state index contributed by atoms with van der Waals surface area (Å²) in [6, 6.07) is 5.46. The Kier molecular flexibility index (Phi) is 1.49. The summed E-state index contributed by atoms with van der Waals surface area (Å²) in [4.78, 5) is 12.1. The molecule has 0 unspecified atom stereocenters. The first-order valence-corrected chi connectivity index (χ1v) is 5.17. The summed E-state index contributed by atoms with van der Waals surface area (Å²) in [5, 5.41) is 3.93. The maximum Gasteiger partial charge on any atom is 0.172 e. The number of benzene rings is 1. The Bertz CT molecular complexity index is 423. The zero-order valence-electron chi connectivity index (χ0n) is 7.64. The number of nitrogens with one attached hydrogen (secondary N) is 1. The molecule has 0 atom stereocenters. The molecule has 0 saturated heterocycles. The van der Waals surface area contributed by atoms with E-state index in [2.05, 4.69) is 5.32 Å². The SMILES string of the molecule is O=C1c2cc(Cl)ccc2NCC12CC2. The van der Waals surface area contributed by atoms with E-state index in [-0.39, 0.29) is 11.2 Å². The van der Waals surface area contributed by atoms with Gasteiger partial charge in [-0.2, -0.15) is 0 Å². The van der Waals surface area contributed by atoms with Gasteiger partial charge in [0.25, 0.3) is 0 Å².